The minimum atomic E-state index is -3.27. The molecule has 1 aliphatic heterocycles. The summed E-state index contributed by atoms with van der Waals surface area (Å²) in [7, 11) is -3.27. The van der Waals surface area contributed by atoms with Gasteiger partial charge in [0.25, 0.3) is 0 Å². The van der Waals surface area contributed by atoms with E-state index < -0.39 is 10.0 Å². The highest BCUT2D eigenvalue weighted by Crippen LogP contribution is 2.20. The van der Waals surface area contributed by atoms with Gasteiger partial charge in [-0.1, -0.05) is 0 Å². The first-order chi connectivity index (χ1) is 9.62. The quantitative estimate of drug-likeness (QED) is 0.736. The van der Waals surface area contributed by atoms with E-state index in [0.29, 0.717) is 31.7 Å². The largest absolute Gasteiger partial charge is 0.487 e. The van der Waals surface area contributed by atoms with E-state index in [0.717, 1.165) is 0 Å². The summed E-state index contributed by atoms with van der Waals surface area (Å²) >= 11 is 0. The van der Waals surface area contributed by atoms with E-state index >= 15 is 0 Å². The van der Waals surface area contributed by atoms with Gasteiger partial charge < -0.3 is 4.74 Å². The molecule has 0 bridgehead atoms. The van der Waals surface area contributed by atoms with Crippen molar-refractivity contribution in [3.05, 3.63) is 24.5 Å². The Morgan fingerprint density at radius 3 is 3.10 bits per heavy atom. The second-order valence-corrected chi connectivity index (χ2v) is 6.74. The van der Waals surface area contributed by atoms with Crippen molar-refractivity contribution in [1.82, 2.24) is 9.29 Å². The number of nitriles is 1. The molecule has 7 heteroatoms. The zero-order valence-electron chi connectivity index (χ0n) is 11.1. The Morgan fingerprint density at radius 2 is 2.40 bits per heavy atom. The predicted octanol–water partition coefficient (Wildman–Crippen LogP) is 1.17. The van der Waals surface area contributed by atoms with Gasteiger partial charge >= 0.3 is 0 Å². The first kappa shape index (κ1) is 14.8. The molecule has 0 aromatic carbocycles. The molecule has 1 fully saturated rings. The molecular weight excluding hydrogens is 278 g/mol. The number of pyridine rings is 1. The summed E-state index contributed by atoms with van der Waals surface area (Å²) < 4.78 is 31.3. The highest BCUT2D eigenvalue weighted by molar-refractivity contribution is 7.89. The van der Waals surface area contributed by atoms with E-state index in [1.165, 1.54) is 4.31 Å². The van der Waals surface area contributed by atoms with Crippen LogP contribution in [0.1, 0.15) is 19.3 Å². The van der Waals surface area contributed by atoms with Gasteiger partial charge in [-0.05, 0) is 25.0 Å². The van der Waals surface area contributed by atoms with Gasteiger partial charge in [-0.15, -0.1) is 0 Å². The second-order valence-electron chi connectivity index (χ2n) is 4.65. The number of unbranched alkanes of at least 4 members (excludes halogenated alkanes) is 1. The second kappa shape index (κ2) is 6.68. The zero-order valence-corrected chi connectivity index (χ0v) is 11.9. The molecule has 0 aliphatic carbocycles. The van der Waals surface area contributed by atoms with Crippen molar-refractivity contribution in [1.29, 1.82) is 5.26 Å². The van der Waals surface area contributed by atoms with Crippen molar-refractivity contribution >= 4 is 10.0 Å². The molecular formula is C13H17N3O3S. The van der Waals surface area contributed by atoms with Gasteiger partial charge in [-0.3, -0.25) is 4.98 Å². The fourth-order valence-corrected chi connectivity index (χ4v) is 3.66. The van der Waals surface area contributed by atoms with Crippen LogP contribution in [0.5, 0.6) is 5.75 Å². The molecule has 1 atom stereocenters. The maximum absolute atomic E-state index is 12.1. The summed E-state index contributed by atoms with van der Waals surface area (Å²) in [6.07, 6.45) is 4.46. The van der Waals surface area contributed by atoms with E-state index in [2.05, 4.69) is 4.98 Å². The molecule has 1 aliphatic rings. The number of nitrogens with zero attached hydrogens (tertiary/aromatic N) is 3. The Kier molecular flexibility index (Phi) is 4.93. The molecule has 0 saturated carbocycles. The van der Waals surface area contributed by atoms with Crippen LogP contribution in [0.15, 0.2) is 24.5 Å². The van der Waals surface area contributed by atoms with Crippen LogP contribution in [-0.4, -0.2) is 42.7 Å². The summed E-state index contributed by atoms with van der Waals surface area (Å²) in [4.78, 5) is 3.96. The molecule has 1 aromatic heterocycles. The van der Waals surface area contributed by atoms with E-state index in [1.54, 1.807) is 24.5 Å². The van der Waals surface area contributed by atoms with Crippen molar-refractivity contribution in [2.75, 3.05) is 18.8 Å². The van der Waals surface area contributed by atoms with Crippen LogP contribution < -0.4 is 4.74 Å². The maximum Gasteiger partial charge on any atom is 0.214 e. The number of hydrogen-bond donors (Lipinski definition) is 0. The van der Waals surface area contributed by atoms with Crippen LogP contribution in [0.3, 0.4) is 0 Å². The number of aromatic nitrogens is 1. The van der Waals surface area contributed by atoms with Gasteiger partial charge in [0, 0.05) is 19.2 Å². The molecule has 1 aromatic rings. The molecule has 20 heavy (non-hydrogen) atoms. The van der Waals surface area contributed by atoms with Gasteiger partial charge in [0.05, 0.1) is 24.6 Å². The fraction of sp³-hybridized carbons (Fsp3) is 0.538. The lowest BCUT2D eigenvalue weighted by atomic mass is 10.3. The highest BCUT2D eigenvalue weighted by atomic mass is 32.2. The molecule has 1 saturated heterocycles. The SMILES string of the molecule is N#CCCCS(=O)(=O)N1CC[C@H](Oc2cccnc2)C1. The first-order valence-electron chi connectivity index (χ1n) is 6.53. The number of hydrogen-bond acceptors (Lipinski definition) is 5. The summed E-state index contributed by atoms with van der Waals surface area (Å²) in [6, 6.07) is 5.54. The van der Waals surface area contributed by atoms with Crippen molar-refractivity contribution in [3.63, 3.8) is 0 Å². The molecule has 0 radical (unpaired) electrons. The average Bonchev–Trinajstić information content (AvgIpc) is 2.89. The van der Waals surface area contributed by atoms with E-state index in [-0.39, 0.29) is 18.3 Å². The van der Waals surface area contributed by atoms with E-state index in [9.17, 15) is 8.42 Å². The van der Waals surface area contributed by atoms with E-state index in [4.69, 9.17) is 10.00 Å². The lowest BCUT2D eigenvalue weighted by Crippen LogP contribution is -2.32. The average molecular weight is 295 g/mol. The Labute approximate surface area is 119 Å². The number of ether oxygens (including phenoxy) is 1. The lowest BCUT2D eigenvalue weighted by molar-refractivity contribution is 0.214. The summed E-state index contributed by atoms with van der Waals surface area (Å²) in [5.74, 6) is 0.682. The van der Waals surface area contributed by atoms with Crippen LogP contribution in [0, 0.1) is 11.3 Å². The fourth-order valence-electron chi connectivity index (χ4n) is 2.12. The van der Waals surface area contributed by atoms with Gasteiger partial charge in [0.2, 0.25) is 10.0 Å². The van der Waals surface area contributed by atoms with Crippen molar-refractivity contribution in [3.8, 4) is 11.8 Å². The third kappa shape index (κ3) is 3.92. The third-order valence-electron chi connectivity index (χ3n) is 3.13. The van der Waals surface area contributed by atoms with Gasteiger partial charge in [-0.2, -0.15) is 9.57 Å². The maximum atomic E-state index is 12.1. The monoisotopic (exact) mass is 295 g/mol. The Morgan fingerprint density at radius 1 is 1.55 bits per heavy atom. The predicted molar refractivity (Wildman–Crippen MR) is 73.5 cm³/mol. The van der Waals surface area contributed by atoms with Crippen LogP contribution in [0.2, 0.25) is 0 Å². The van der Waals surface area contributed by atoms with Gasteiger partial charge in [0.1, 0.15) is 11.9 Å². The summed E-state index contributed by atoms with van der Waals surface area (Å²) in [5.41, 5.74) is 0. The number of sulfonamides is 1. The van der Waals surface area contributed by atoms with Gasteiger partial charge in [-0.25, -0.2) is 8.42 Å². The van der Waals surface area contributed by atoms with Crippen LogP contribution in [0.25, 0.3) is 0 Å². The van der Waals surface area contributed by atoms with Crippen LogP contribution in [-0.2, 0) is 10.0 Å². The van der Waals surface area contributed by atoms with Gasteiger partial charge in [0.15, 0.2) is 0 Å². The minimum Gasteiger partial charge on any atom is -0.487 e. The van der Waals surface area contributed by atoms with Crippen molar-refractivity contribution in [2.45, 2.75) is 25.4 Å². The van der Waals surface area contributed by atoms with Crippen molar-refractivity contribution in [2.24, 2.45) is 0 Å². The minimum absolute atomic E-state index is 0.0279. The lowest BCUT2D eigenvalue weighted by Gasteiger charge is -2.16. The van der Waals surface area contributed by atoms with E-state index in [1.807, 2.05) is 6.07 Å². The molecule has 2 heterocycles. The highest BCUT2D eigenvalue weighted by Gasteiger charge is 2.32. The molecule has 108 valence electrons. The summed E-state index contributed by atoms with van der Waals surface area (Å²) in [5, 5.41) is 8.45. The molecule has 2 rings (SSSR count). The molecule has 0 spiro atoms. The van der Waals surface area contributed by atoms with Crippen LogP contribution >= 0.6 is 0 Å². The van der Waals surface area contributed by atoms with Crippen LogP contribution in [0.4, 0.5) is 0 Å². The zero-order chi connectivity index (χ0) is 14.4. The van der Waals surface area contributed by atoms with Crippen molar-refractivity contribution < 1.29 is 13.2 Å². The first-order valence-corrected chi connectivity index (χ1v) is 8.14. The Balaban J connectivity index is 1.87. The standard InChI is InChI=1S/C13H17N3O3S/c14-6-1-2-9-20(17,18)16-8-5-13(11-16)19-12-4-3-7-15-10-12/h3-4,7,10,13H,1-2,5,8-9,11H2/t13-/m0/s1. The molecule has 0 unspecified atom stereocenters. The molecule has 6 nitrogen and oxygen atoms in total. The normalized spacial score (nSPS) is 19.6. The summed E-state index contributed by atoms with van der Waals surface area (Å²) in [6.45, 7) is 0.837. The Hall–Kier alpha value is -1.65. The Bertz CT molecular complexity index is 568. The smallest absolute Gasteiger partial charge is 0.214 e. The number of rotatable bonds is 6. The molecule has 0 N–H and O–H groups in total. The molecule has 0 amide bonds. The third-order valence-corrected chi connectivity index (χ3v) is 5.05. The topological polar surface area (TPSA) is 83.3 Å².